The number of allylic oxidation sites excluding steroid dienone is 1. The van der Waals surface area contributed by atoms with Gasteiger partial charge in [0.2, 0.25) is 0 Å². The Morgan fingerprint density at radius 3 is 2.63 bits per heavy atom. The molecular weight excluding hydrogens is 366 g/mol. The molecule has 0 heterocycles. The minimum absolute atomic E-state index is 0.0888. The van der Waals surface area contributed by atoms with Crippen LogP contribution >= 0.6 is 11.6 Å². The molecule has 0 spiro atoms. The predicted molar refractivity (Wildman–Crippen MR) is 101 cm³/mol. The standard InChI is InChI=1S/C21H26ClNO4/c1-19-8-5-15(24)13-14(19)3-4-16-17(19)6-9-20(2)18(16)7-10-21(20,11-12-22)27-23(25)26/h13,16-18H,3-10H2,1-2H3/t16-,17+,18+,19+,20+,21-/m1/s1. The Morgan fingerprint density at radius 1 is 1.19 bits per heavy atom. The van der Waals surface area contributed by atoms with Crippen LogP contribution in [-0.2, 0) is 9.63 Å². The molecular formula is C21H26ClNO4. The normalized spacial score (nSPS) is 45.5. The van der Waals surface area contributed by atoms with Crippen molar-refractivity contribution in [3.8, 4) is 11.3 Å². The lowest BCUT2D eigenvalue weighted by molar-refractivity contribution is -0.781. The second-order valence-electron chi connectivity index (χ2n) is 9.33. The van der Waals surface area contributed by atoms with Gasteiger partial charge < -0.3 is 0 Å². The molecule has 0 aromatic rings. The van der Waals surface area contributed by atoms with Crippen molar-refractivity contribution < 1.29 is 14.7 Å². The van der Waals surface area contributed by atoms with E-state index >= 15 is 0 Å². The largest absolute Gasteiger partial charge is 0.296 e. The molecule has 27 heavy (non-hydrogen) atoms. The van der Waals surface area contributed by atoms with Crippen LogP contribution in [0.4, 0.5) is 0 Å². The van der Waals surface area contributed by atoms with Gasteiger partial charge in [0.1, 0.15) is 0 Å². The predicted octanol–water partition coefficient (Wildman–Crippen LogP) is 4.67. The molecule has 3 saturated carbocycles. The summed E-state index contributed by atoms with van der Waals surface area (Å²) in [6.45, 7) is 4.45. The third kappa shape index (κ3) is 2.56. The molecule has 146 valence electrons. The van der Waals surface area contributed by atoms with Gasteiger partial charge in [-0.05, 0) is 85.8 Å². The molecule has 0 N–H and O–H groups in total. The maximum absolute atomic E-state index is 11.9. The second kappa shape index (κ2) is 6.24. The first-order valence-corrected chi connectivity index (χ1v) is 10.3. The van der Waals surface area contributed by atoms with Crippen molar-refractivity contribution in [2.75, 3.05) is 0 Å². The Kier molecular flexibility index (Phi) is 4.34. The van der Waals surface area contributed by atoms with Crippen molar-refractivity contribution in [2.45, 2.75) is 70.8 Å². The zero-order chi connectivity index (χ0) is 19.4. The Hall–Kier alpha value is -1.54. The Balaban J connectivity index is 1.70. The molecule has 6 heteroatoms. The highest BCUT2D eigenvalue weighted by Gasteiger charge is 2.65. The van der Waals surface area contributed by atoms with Gasteiger partial charge in [0.05, 0.1) is 0 Å². The summed E-state index contributed by atoms with van der Waals surface area (Å²) < 4.78 is 0. The van der Waals surface area contributed by atoms with Gasteiger partial charge in [-0.1, -0.05) is 25.3 Å². The summed E-state index contributed by atoms with van der Waals surface area (Å²) in [6, 6.07) is 0. The molecule has 4 aliphatic rings. The lowest BCUT2D eigenvalue weighted by Crippen LogP contribution is -2.55. The van der Waals surface area contributed by atoms with Crippen LogP contribution in [0.2, 0.25) is 0 Å². The third-order valence-electron chi connectivity index (χ3n) is 8.56. The van der Waals surface area contributed by atoms with Crippen molar-refractivity contribution >= 4 is 17.4 Å². The van der Waals surface area contributed by atoms with E-state index in [0.717, 1.165) is 38.5 Å². The number of hydrogen-bond donors (Lipinski definition) is 0. The number of carbonyl (C=O) groups is 1. The van der Waals surface area contributed by atoms with Gasteiger partial charge in [0, 0.05) is 17.2 Å². The van der Waals surface area contributed by atoms with Crippen LogP contribution in [0.5, 0.6) is 0 Å². The van der Waals surface area contributed by atoms with Crippen LogP contribution in [0.25, 0.3) is 0 Å². The van der Waals surface area contributed by atoms with Gasteiger partial charge in [-0.25, -0.2) is 0 Å². The lowest BCUT2D eigenvalue weighted by atomic mass is 9.46. The zero-order valence-corrected chi connectivity index (χ0v) is 16.7. The second-order valence-corrected chi connectivity index (χ2v) is 9.51. The molecule has 0 aliphatic heterocycles. The fourth-order valence-corrected chi connectivity index (χ4v) is 7.29. The lowest BCUT2D eigenvalue weighted by Gasteiger charge is -2.58. The molecule has 3 fully saturated rings. The highest BCUT2D eigenvalue weighted by molar-refractivity contribution is 6.30. The summed E-state index contributed by atoms with van der Waals surface area (Å²) in [5.74, 6) is 4.51. The minimum atomic E-state index is -1.10. The van der Waals surface area contributed by atoms with Crippen molar-refractivity contribution in [2.24, 2.45) is 28.6 Å². The first-order chi connectivity index (χ1) is 12.8. The summed E-state index contributed by atoms with van der Waals surface area (Å²) in [5, 5.41) is 12.9. The molecule has 6 atom stereocenters. The Morgan fingerprint density at radius 2 is 1.93 bits per heavy atom. The number of hydrogen-bond acceptors (Lipinski definition) is 4. The first kappa shape index (κ1) is 18.8. The molecule has 0 bridgehead atoms. The van der Waals surface area contributed by atoms with E-state index in [1.807, 2.05) is 6.08 Å². The highest BCUT2D eigenvalue weighted by Crippen LogP contribution is 2.68. The van der Waals surface area contributed by atoms with Crippen molar-refractivity contribution in [3.05, 3.63) is 21.8 Å². The number of rotatable bonds is 2. The van der Waals surface area contributed by atoms with Gasteiger partial charge in [-0.2, -0.15) is 0 Å². The number of ketones is 1. The quantitative estimate of drug-likeness (QED) is 0.390. The Labute approximate surface area is 165 Å². The molecule has 4 aliphatic carbocycles. The molecule has 0 amide bonds. The van der Waals surface area contributed by atoms with E-state index in [1.165, 1.54) is 5.57 Å². The van der Waals surface area contributed by atoms with E-state index in [0.29, 0.717) is 30.6 Å². The molecule has 5 nitrogen and oxygen atoms in total. The summed E-state index contributed by atoms with van der Waals surface area (Å²) in [4.78, 5) is 28.4. The maximum atomic E-state index is 11.9. The zero-order valence-electron chi connectivity index (χ0n) is 15.9. The molecule has 4 rings (SSSR count). The van der Waals surface area contributed by atoms with Crippen LogP contribution in [0.1, 0.15) is 65.2 Å². The summed E-state index contributed by atoms with van der Waals surface area (Å²) in [7, 11) is 0. The van der Waals surface area contributed by atoms with Crippen LogP contribution in [0, 0.1) is 50.0 Å². The summed E-state index contributed by atoms with van der Waals surface area (Å²) in [6.07, 6.45) is 8.74. The van der Waals surface area contributed by atoms with Gasteiger partial charge in [-0.15, -0.1) is 10.1 Å². The number of halogens is 1. The van der Waals surface area contributed by atoms with Gasteiger partial charge in [0.25, 0.3) is 5.09 Å². The van der Waals surface area contributed by atoms with Gasteiger partial charge in [-0.3, -0.25) is 9.63 Å². The average Bonchev–Trinajstić information content (AvgIpc) is 2.88. The first-order valence-electron chi connectivity index (χ1n) is 9.96. The van der Waals surface area contributed by atoms with E-state index in [9.17, 15) is 14.9 Å². The SMILES string of the molecule is C[C@]12CCC(=O)C=C1CC[C@@H]1[C@@H]2CC[C@@]2(C)[C@H]1CC[C@]2(C#CCl)O[N+](=O)[O-]. The van der Waals surface area contributed by atoms with Crippen LogP contribution < -0.4 is 0 Å². The Bertz CT molecular complexity index is 783. The minimum Gasteiger partial charge on any atom is -0.295 e. The smallest absolute Gasteiger partial charge is 0.295 e. The van der Waals surface area contributed by atoms with Crippen LogP contribution in [0.3, 0.4) is 0 Å². The molecule has 0 radical (unpaired) electrons. The fraction of sp³-hybridized carbons (Fsp3) is 0.762. The van der Waals surface area contributed by atoms with E-state index < -0.39 is 10.7 Å². The van der Waals surface area contributed by atoms with Gasteiger partial charge >= 0.3 is 0 Å². The van der Waals surface area contributed by atoms with Crippen molar-refractivity contribution in [1.82, 2.24) is 0 Å². The summed E-state index contributed by atoms with van der Waals surface area (Å²) >= 11 is 5.71. The topological polar surface area (TPSA) is 69.4 Å². The maximum Gasteiger partial charge on any atom is 0.296 e. The van der Waals surface area contributed by atoms with E-state index in [1.54, 1.807) is 0 Å². The monoisotopic (exact) mass is 391 g/mol. The highest BCUT2D eigenvalue weighted by atomic mass is 35.5. The molecule has 0 aromatic carbocycles. The average molecular weight is 392 g/mol. The van der Waals surface area contributed by atoms with E-state index in [-0.39, 0.29) is 16.6 Å². The van der Waals surface area contributed by atoms with Crippen molar-refractivity contribution in [3.63, 3.8) is 0 Å². The van der Waals surface area contributed by atoms with E-state index in [2.05, 4.69) is 25.1 Å². The fourth-order valence-electron chi connectivity index (χ4n) is 7.14. The van der Waals surface area contributed by atoms with E-state index in [4.69, 9.17) is 16.4 Å². The number of fused-ring (bicyclic) bond motifs is 5. The third-order valence-corrected chi connectivity index (χ3v) is 8.66. The number of nitrogens with zero attached hydrogens (tertiary/aromatic N) is 1. The molecule has 0 unspecified atom stereocenters. The van der Waals surface area contributed by atoms with Gasteiger partial charge in [0.15, 0.2) is 11.4 Å². The van der Waals surface area contributed by atoms with Crippen LogP contribution in [0.15, 0.2) is 11.6 Å². The summed E-state index contributed by atoms with van der Waals surface area (Å²) in [5.41, 5.74) is -0.0561. The number of carbonyl (C=O) groups excluding carboxylic acids is 1. The van der Waals surface area contributed by atoms with Crippen molar-refractivity contribution in [1.29, 1.82) is 0 Å². The molecule has 0 aromatic heterocycles. The molecule has 0 saturated heterocycles. The van der Waals surface area contributed by atoms with Crippen LogP contribution in [-0.4, -0.2) is 16.5 Å².